The minimum atomic E-state index is -0.181. The molecule has 3 N–H and O–H groups in total. The molecule has 0 fully saturated rings. The minimum absolute atomic E-state index is 0.0870. The molecule has 29 heavy (non-hydrogen) atoms. The van der Waals surface area contributed by atoms with E-state index < -0.39 is 0 Å². The van der Waals surface area contributed by atoms with E-state index in [9.17, 15) is 9.59 Å². The number of carbonyl (C=O) groups is 2. The Labute approximate surface area is 174 Å². The Morgan fingerprint density at radius 3 is 2.21 bits per heavy atom. The van der Waals surface area contributed by atoms with Crippen LogP contribution in [0.25, 0.3) is 0 Å². The summed E-state index contributed by atoms with van der Waals surface area (Å²) in [6.45, 7) is 8.91. The summed E-state index contributed by atoms with van der Waals surface area (Å²) in [7, 11) is 1.58. The van der Waals surface area contributed by atoms with Crippen molar-refractivity contribution in [1.29, 1.82) is 0 Å². The third-order valence-electron chi connectivity index (χ3n) is 5.26. The first-order chi connectivity index (χ1) is 13.8. The lowest BCUT2D eigenvalue weighted by molar-refractivity contribution is -0.115. The number of amides is 2. The molecule has 2 rings (SSSR count). The van der Waals surface area contributed by atoms with E-state index in [0.29, 0.717) is 23.1 Å². The Kier molecular flexibility index (Phi) is 8.40. The normalized spacial score (nSPS) is 13.0. The lowest BCUT2D eigenvalue weighted by Gasteiger charge is -2.23. The van der Waals surface area contributed by atoms with E-state index in [1.165, 1.54) is 11.1 Å². The molecule has 0 bridgehead atoms. The number of benzene rings is 2. The highest BCUT2D eigenvalue weighted by molar-refractivity contribution is 5.97. The summed E-state index contributed by atoms with van der Waals surface area (Å²) in [6, 6.07) is 15.7. The molecule has 0 aromatic heterocycles. The van der Waals surface area contributed by atoms with Crippen molar-refractivity contribution in [1.82, 2.24) is 10.6 Å². The molecule has 0 aliphatic carbocycles. The molecule has 2 amide bonds. The fourth-order valence-corrected chi connectivity index (χ4v) is 3.30. The van der Waals surface area contributed by atoms with Gasteiger partial charge in [0.05, 0.1) is 6.54 Å². The minimum Gasteiger partial charge on any atom is -0.355 e. The van der Waals surface area contributed by atoms with E-state index in [1.807, 2.05) is 0 Å². The van der Waals surface area contributed by atoms with Gasteiger partial charge in [0, 0.05) is 24.3 Å². The first-order valence-corrected chi connectivity index (χ1v) is 10.3. The zero-order valence-corrected chi connectivity index (χ0v) is 18.1. The van der Waals surface area contributed by atoms with E-state index in [0.717, 1.165) is 6.42 Å². The van der Waals surface area contributed by atoms with Gasteiger partial charge >= 0.3 is 0 Å². The van der Waals surface area contributed by atoms with Crippen LogP contribution in [0.3, 0.4) is 0 Å². The zero-order valence-electron chi connectivity index (χ0n) is 18.1. The molecule has 0 aliphatic rings. The summed E-state index contributed by atoms with van der Waals surface area (Å²) in [5, 5.41) is 8.82. The Hall–Kier alpha value is -2.66. The molecule has 0 saturated carbocycles. The van der Waals surface area contributed by atoms with Crippen LogP contribution in [0.5, 0.6) is 0 Å². The number of hydrogen-bond acceptors (Lipinski definition) is 3. The quantitative estimate of drug-likeness (QED) is 0.586. The molecule has 156 valence electrons. The maximum atomic E-state index is 12.4. The average molecular weight is 396 g/mol. The van der Waals surface area contributed by atoms with Crippen LogP contribution in [0, 0.1) is 5.92 Å². The van der Waals surface area contributed by atoms with Gasteiger partial charge in [-0.15, -0.1) is 0 Å². The highest BCUT2D eigenvalue weighted by Crippen LogP contribution is 2.25. The molecule has 0 radical (unpaired) electrons. The van der Waals surface area contributed by atoms with Gasteiger partial charge in [-0.25, -0.2) is 0 Å². The second kappa shape index (κ2) is 10.8. The predicted molar refractivity (Wildman–Crippen MR) is 119 cm³/mol. The third-order valence-corrected chi connectivity index (χ3v) is 5.26. The SMILES string of the molecule is CC[C@@H](C)c1ccc([C@H](NCC(=O)Nc2cccc(C(=O)NC)c2)C(C)C)cc1. The Bertz CT molecular complexity index is 815. The van der Waals surface area contributed by atoms with Crippen molar-refractivity contribution in [2.45, 2.75) is 46.1 Å². The molecule has 0 heterocycles. The molecule has 2 aromatic carbocycles. The number of hydrogen-bond donors (Lipinski definition) is 3. The molecule has 5 heteroatoms. The van der Waals surface area contributed by atoms with Gasteiger partial charge in [-0.05, 0) is 47.6 Å². The second-order valence-corrected chi connectivity index (χ2v) is 7.79. The van der Waals surface area contributed by atoms with Crippen molar-refractivity contribution in [2.24, 2.45) is 5.92 Å². The summed E-state index contributed by atoms with van der Waals surface area (Å²) in [5.41, 5.74) is 3.64. The molecule has 5 nitrogen and oxygen atoms in total. The van der Waals surface area contributed by atoms with Crippen LogP contribution in [0.4, 0.5) is 5.69 Å². The van der Waals surface area contributed by atoms with Crippen molar-refractivity contribution in [3.05, 3.63) is 65.2 Å². The molecule has 0 unspecified atom stereocenters. The van der Waals surface area contributed by atoms with Gasteiger partial charge < -0.3 is 16.0 Å². The summed E-state index contributed by atoms with van der Waals surface area (Å²) < 4.78 is 0. The van der Waals surface area contributed by atoms with Crippen LogP contribution in [0.2, 0.25) is 0 Å². The lowest BCUT2D eigenvalue weighted by atomic mass is 9.92. The third kappa shape index (κ3) is 6.43. The topological polar surface area (TPSA) is 70.2 Å². The first-order valence-electron chi connectivity index (χ1n) is 10.3. The first kappa shape index (κ1) is 22.6. The standard InChI is InChI=1S/C24H33N3O2/c1-6-17(4)18-10-12-19(13-11-18)23(16(2)3)26-15-22(28)27-21-9-7-8-20(14-21)24(29)25-5/h7-14,16-17,23,26H,6,15H2,1-5H3,(H,25,29)(H,27,28)/t17-,23-/m1/s1. The number of carbonyl (C=O) groups excluding carboxylic acids is 2. The van der Waals surface area contributed by atoms with Crippen LogP contribution in [-0.2, 0) is 4.79 Å². The van der Waals surface area contributed by atoms with E-state index in [1.54, 1.807) is 31.3 Å². The van der Waals surface area contributed by atoms with Gasteiger partial charge in [0.1, 0.15) is 0 Å². The average Bonchev–Trinajstić information content (AvgIpc) is 2.73. The monoisotopic (exact) mass is 395 g/mol. The van der Waals surface area contributed by atoms with E-state index in [2.05, 4.69) is 67.9 Å². The molecule has 0 spiro atoms. The molecule has 2 aromatic rings. The molecular formula is C24H33N3O2. The second-order valence-electron chi connectivity index (χ2n) is 7.79. The summed E-state index contributed by atoms with van der Waals surface area (Å²) in [4.78, 5) is 24.2. The van der Waals surface area contributed by atoms with Gasteiger partial charge in [0.2, 0.25) is 5.91 Å². The summed E-state index contributed by atoms with van der Waals surface area (Å²) in [5.74, 6) is 0.570. The van der Waals surface area contributed by atoms with Gasteiger partial charge in [0.25, 0.3) is 5.91 Å². The van der Waals surface area contributed by atoms with Crippen LogP contribution < -0.4 is 16.0 Å². The number of rotatable bonds is 9. The lowest BCUT2D eigenvalue weighted by Crippen LogP contribution is -2.33. The van der Waals surface area contributed by atoms with Crippen LogP contribution in [-0.4, -0.2) is 25.4 Å². The Morgan fingerprint density at radius 2 is 1.62 bits per heavy atom. The zero-order chi connectivity index (χ0) is 21.4. The van der Waals surface area contributed by atoms with Gasteiger partial charge in [-0.3, -0.25) is 9.59 Å². The van der Waals surface area contributed by atoms with Gasteiger partial charge in [-0.2, -0.15) is 0 Å². The van der Waals surface area contributed by atoms with Crippen molar-refractivity contribution in [3.63, 3.8) is 0 Å². The number of anilines is 1. The van der Waals surface area contributed by atoms with E-state index in [-0.39, 0.29) is 24.4 Å². The molecule has 2 atom stereocenters. The molecule has 0 saturated heterocycles. The van der Waals surface area contributed by atoms with Crippen molar-refractivity contribution in [2.75, 3.05) is 18.9 Å². The maximum Gasteiger partial charge on any atom is 0.251 e. The van der Waals surface area contributed by atoms with Crippen molar-refractivity contribution in [3.8, 4) is 0 Å². The highest BCUT2D eigenvalue weighted by atomic mass is 16.2. The predicted octanol–water partition coefficient (Wildman–Crippen LogP) is 4.49. The van der Waals surface area contributed by atoms with Crippen LogP contribution >= 0.6 is 0 Å². The maximum absolute atomic E-state index is 12.4. The van der Waals surface area contributed by atoms with Crippen LogP contribution in [0.15, 0.2) is 48.5 Å². The molecular weight excluding hydrogens is 362 g/mol. The highest BCUT2D eigenvalue weighted by Gasteiger charge is 2.17. The fourth-order valence-electron chi connectivity index (χ4n) is 3.30. The number of nitrogens with one attached hydrogen (secondary N) is 3. The van der Waals surface area contributed by atoms with Crippen LogP contribution in [0.1, 0.15) is 67.6 Å². The Balaban J connectivity index is 2.00. The van der Waals surface area contributed by atoms with E-state index >= 15 is 0 Å². The molecule has 0 aliphatic heterocycles. The summed E-state index contributed by atoms with van der Waals surface area (Å²) >= 11 is 0. The largest absolute Gasteiger partial charge is 0.355 e. The van der Waals surface area contributed by atoms with E-state index in [4.69, 9.17) is 0 Å². The van der Waals surface area contributed by atoms with Gasteiger partial charge in [-0.1, -0.05) is 58.0 Å². The van der Waals surface area contributed by atoms with Crippen molar-refractivity contribution >= 4 is 17.5 Å². The fraction of sp³-hybridized carbons (Fsp3) is 0.417. The van der Waals surface area contributed by atoms with Gasteiger partial charge in [0.15, 0.2) is 0 Å². The smallest absolute Gasteiger partial charge is 0.251 e. The van der Waals surface area contributed by atoms with Crippen molar-refractivity contribution < 1.29 is 9.59 Å². The Morgan fingerprint density at radius 1 is 0.966 bits per heavy atom. The summed E-state index contributed by atoms with van der Waals surface area (Å²) in [6.07, 6.45) is 1.12.